The molecule has 1 N–H and O–H groups in total. The van der Waals surface area contributed by atoms with Gasteiger partial charge in [-0.05, 0) is 80.8 Å². The number of para-hydroxylation sites is 2. The molecule has 1 unspecified atom stereocenters. The van der Waals surface area contributed by atoms with Gasteiger partial charge < -0.3 is 28.7 Å². The molecule has 5 nitrogen and oxygen atoms in total. The molecular formula is C48H51IN4O. The Hall–Kier alpha value is -4.40. The van der Waals surface area contributed by atoms with E-state index in [2.05, 4.69) is 188 Å². The maximum Gasteiger partial charge on any atom is 0.166 e. The minimum absolute atomic E-state index is 0. The molecule has 3 heterocycles. The third-order valence-corrected chi connectivity index (χ3v) is 12.7. The van der Waals surface area contributed by atoms with Crippen LogP contribution in [-0.2, 0) is 21.7 Å². The Kier molecular flexibility index (Phi) is 8.33. The summed E-state index contributed by atoms with van der Waals surface area (Å²) >= 11 is 0. The van der Waals surface area contributed by atoms with Crippen LogP contribution in [0.2, 0.25) is 0 Å². The number of nitrogens with one attached hydrogen (secondary N) is 1. The number of benzene rings is 5. The van der Waals surface area contributed by atoms with Crippen molar-refractivity contribution in [3.63, 3.8) is 0 Å². The van der Waals surface area contributed by atoms with Gasteiger partial charge in [-0.2, -0.15) is 5.10 Å². The van der Waals surface area contributed by atoms with Crippen molar-refractivity contribution in [2.75, 3.05) is 11.6 Å². The maximum absolute atomic E-state index is 6.70. The molecule has 0 radical (unpaired) electrons. The highest BCUT2D eigenvalue weighted by molar-refractivity contribution is 6.15. The number of hydrogen-bond donors (Lipinski definition) is 1. The van der Waals surface area contributed by atoms with E-state index < -0.39 is 0 Å². The van der Waals surface area contributed by atoms with Crippen molar-refractivity contribution in [2.45, 2.75) is 90.9 Å². The molecule has 1 aliphatic heterocycles. The van der Waals surface area contributed by atoms with Crippen LogP contribution in [0, 0.1) is 0 Å². The van der Waals surface area contributed by atoms with E-state index in [0.29, 0.717) is 0 Å². The maximum atomic E-state index is 6.70. The average molecular weight is 827 g/mol. The van der Waals surface area contributed by atoms with Crippen LogP contribution < -0.4 is 38.5 Å². The van der Waals surface area contributed by atoms with E-state index in [1.54, 1.807) is 0 Å². The number of pyridine rings is 1. The highest BCUT2D eigenvalue weighted by Crippen LogP contribution is 2.53. The van der Waals surface area contributed by atoms with Gasteiger partial charge >= 0.3 is 0 Å². The molecule has 0 amide bonds. The van der Waals surface area contributed by atoms with Gasteiger partial charge in [0.1, 0.15) is 22.9 Å². The van der Waals surface area contributed by atoms with E-state index in [1.165, 1.54) is 71.6 Å². The van der Waals surface area contributed by atoms with E-state index >= 15 is 0 Å². The summed E-state index contributed by atoms with van der Waals surface area (Å²) in [5.41, 5.74) is 12.6. The van der Waals surface area contributed by atoms with E-state index in [9.17, 15) is 0 Å². The number of rotatable bonds is 4. The fourth-order valence-corrected chi connectivity index (χ4v) is 8.72. The van der Waals surface area contributed by atoms with Crippen molar-refractivity contribution in [2.24, 2.45) is 0 Å². The van der Waals surface area contributed by atoms with Crippen LogP contribution >= 0.6 is 0 Å². The van der Waals surface area contributed by atoms with Crippen LogP contribution in [0.25, 0.3) is 27.2 Å². The number of ether oxygens (including phenoxy) is 1. The molecule has 0 saturated carbocycles. The van der Waals surface area contributed by atoms with Crippen molar-refractivity contribution in [3.8, 4) is 11.5 Å². The van der Waals surface area contributed by atoms with Crippen LogP contribution in [0.5, 0.6) is 11.5 Å². The molecule has 0 saturated heterocycles. The summed E-state index contributed by atoms with van der Waals surface area (Å²) in [6.45, 7) is 24.1. The van der Waals surface area contributed by atoms with E-state index in [1.807, 2.05) is 0 Å². The quantitative estimate of drug-likeness (QED) is 0.143. The largest absolute Gasteiger partial charge is 1.00 e. The molecule has 2 aliphatic rings. The predicted molar refractivity (Wildman–Crippen MR) is 220 cm³/mol. The lowest BCUT2D eigenvalue weighted by atomic mass is 9.58. The molecule has 0 fully saturated rings. The van der Waals surface area contributed by atoms with Crippen LogP contribution in [0.3, 0.4) is 0 Å². The fraction of sp³-hybridized carbons (Fsp3) is 0.312. The van der Waals surface area contributed by atoms with Gasteiger partial charge in [0.15, 0.2) is 12.4 Å². The summed E-state index contributed by atoms with van der Waals surface area (Å²) in [4.78, 5) is 3.79. The summed E-state index contributed by atoms with van der Waals surface area (Å²) in [7, 11) is 0. The Bertz CT molecular complexity index is 2590. The first-order valence-electron chi connectivity index (χ1n) is 19.1. The van der Waals surface area contributed by atoms with Crippen molar-refractivity contribution in [3.05, 3.63) is 132 Å². The first kappa shape index (κ1) is 36.6. The SMILES string of the molecule is CC(C)(C)c1cc(N2C[NH+](c3cccc(Oc4ccc5c6cccc7c6c6c(cnn6c5c4)C(C)(C)C7(C)C)c3)c3ccccc32)cc(C(C)(C)C)c1.[I-]. The molecule has 276 valence electrons. The highest BCUT2D eigenvalue weighted by atomic mass is 127. The molecular weight excluding hydrogens is 775 g/mol. The Morgan fingerprint density at radius 3 is 2.06 bits per heavy atom. The number of anilines is 2. The van der Waals surface area contributed by atoms with Gasteiger partial charge in [-0.15, -0.1) is 0 Å². The van der Waals surface area contributed by atoms with E-state index in [-0.39, 0.29) is 45.6 Å². The minimum Gasteiger partial charge on any atom is -1.00 e. The zero-order chi connectivity index (χ0) is 37.2. The lowest BCUT2D eigenvalue weighted by molar-refractivity contribution is -0.751. The highest BCUT2D eigenvalue weighted by Gasteiger charge is 2.46. The second kappa shape index (κ2) is 12.3. The number of fused-ring (bicyclic) bond motifs is 4. The van der Waals surface area contributed by atoms with E-state index in [0.717, 1.165) is 23.7 Å². The van der Waals surface area contributed by atoms with Crippen LogP contribution in [-0.4, -0.2) is 16.3 Å². The lowest BCUT2D eigenvalue weighted by Crippen LogP contribution is -3.01. The summed E-state index contributed by atoms with van der Waals surface area (Å²) in [5.74, 6) is 1.62. The predicted octanol–water partition coefficient (Wildman–Crippen LogP) is 8.56. The third-order valence-electron chi connectivity index (χ3n) is 12.7. The van der Waals surface area contributed by atoms with Gasteiger partial charge in [0.2, 0.25) is 0 Å². The van der Waals surface area contributed by atoms with Gasteiger partial charge in [-0.1, -0.05) is 112 Å². The Morgan fingerprint density at radius 1 is 0.667 bits per heavy atom. The van der Waals surface area contributed by atoms with Gasteiger partial charge in [0, 0.05) is 45.6 Å². The number of quaternary nitrogens is 1. The molecule has 2 aromatic heterocycles. The summed E-state index contributed by atoms with van der Waals surface area (Å²) in [6, 6.07) is 37.9. The van der Waals surface area contributed by atoms with Gasteiger partial charge in [-0.3, -0.25) is 9.80 Å². The number of nitrogens with zero attached hydrogens (tertiary/aromatic N) is 3. The van der Waals surface area contributed by atoms with Crippen molar-refractivity contribution < 1.29 is 33.6 Å². The lowest BCUT2D eigenvalue weighted by Gasteiger charge is -2.45. The number of aromatic nitrogens is 2. The number of halogens is 1. The van der Waals surface area contributed by atoms with Crippen LogP contribution in [0.1, 0.15) is 91.5 Å². The molecule has 1 atom stereocenters. The molecule has 0 bridgehead atoms. The zero-order valence-electron chi connectivity index (χ0n) is 33.2. The third kappa shape index (κ3) is 5.46. The van der Waals surface area contributed by atoms with Crippen molar-refractivity contribution in [1.82, 2.24) is 9.61 Å². The van der Waals surface area contributed by atoms with Crippen molar-refractivity contribution >= 4 is 49.9 Å². The molecule has 6 heteroatoms. The van der Waals surface area contributed by atoms with Crippen LogP contribution in [0.4, 0.5) is 22.7 Å². The normalized spacial score (nSPS) is 17.3. The summed E-state index contributed by atoms with van der Waals surface area (Å²) in [5, 5.41) is 8.80. The molecule has 1 aliphatic carbocycles. The Balaban J connectivity index is 0.00000413. The Morgan fingerprint density at radius 2 is 1.33 bits per heavy atom. The molecule has 7 aromatic rings. The van der Waals surface area contributed by atoms with Crippen LogP contribution in [0.15, 0.2) is 109 Å². The summed E-state index contributed by atoms with van der Waals surface area (Å²) in [6.07, 6.45) is 2.09. The minimum atomic E-state index is -0.0748. The second-order valence-electron chi connectivity index (χ2n) is 18.5. The second-order valence-corrected chi connectivity index (χ2v) is 18.5. The standard InChI is InChI=1S/C48H50N4O.HI/c1-45(2,3)30-23-31(46(4,5)6)25-33(24-30)51-29-50(40-19-11-12-20-41(40)51)32-15-13-16-34(26-32)53-35-21-22-36-37-17-14-18-38-43(37)44-39(48(9,10)47(38,7)8)28-49-52(44)42(36)27-35;/h11-28H,29H2,1-10H3;1H. The fourth-order valence-electron chi connectivity index (χ4n) is 8.72. The first-order chi connectivity index (χ1) is 25.0. The molecule has 0 spiro atoms. The zero-order valence-corrected chi connectivity index (χ0v) is 35.4. The van der Waals surface area contributed by atoms with Gasteiger partial charge in [-0.25, -0.2) is 4.52 Å². The van der Waals surface area contributed by atoms with Crippen molar-refractivity contribution in [1.29, 1.82) is 0 Å². The number of hydrogen-bond acceptors (Lipinski definition) is 3. The summed E-state index contributed by atoms with van der Waals surface area (Å²) < 4.78 is 8.85. The smallest absolute Gasteiger partial charge is 0.166 e. The molecule has 5 aromatic carbocycles. The van der Waals surface area contributed by atoms with Gasteiger partial charge in [0.25, 0.3) is 0 Å². The van der Waals surface area contributed by atoms with Gasteiger partial charge in [0.05, 0.1) is 17.2 Å². The monoisotopic (exact) mass is 826 g/mol. The van der Waals surface area contributed by atoms with E-state index in [4.69, 9.17) is 9.84 Å². The topological polar surface area (TPSA) is 34.2 Å². The Labute approximate surface area is 337 Å². The first-order valence-corrected chi connectivity index (χ1v) is 19.1. The molecule has 54 heavy (non-hydrogen) atoms. The average Bonchev–Trinajstić information content (AvgIpc) is 3.74. The molecule has 9 rings (SSSR count).